The molecule has 2 nitrogen and oxygen atoms in total. The smallest absolute Gasteiger partial charge is 0.151 e. The van der Waals surface area contributed by atoms with Crippen molar-refractivity contribution in [1.29, 1.82) is 0 Å². The number of rotatable bonds is 3. The number of aromatic nitrogens is 1. The van der Waals surface area contributed by atoms with Gasteiger partial charge in [-0.2, -0.15) is 0 Å². The first-order chi connectivity index (χ1) is 7.77. The van der Waals surface area contributed by atoms with E-state index < -0.39 is 0 Å². The van der Waals surface area contributed by atoms with Crippen molar-refractivity contribution in [3.8, 4) is 5.75 Å². The molecule has 0 aliphatic carbocycles. The Hall–Kier alpha value is -1.25. The molecule has 0 bridgehead atoms. The van der Waals surface area contributed by atoms with E-state index in [-0.39, 0.29) is 5.15 Å². The molecular formula is C12H9Cl2NO. The molecule has 0 fully saturated rings. The molecule has 1 aromatic carbocycles. The van der Waals surface area contributed by atoms with E-state index in [1.54, 1.807) is 12.3 Å². The van der Waals surface area contributed by atoms with Crippen LogP contribution in [0.4, 0.5) is 0 Å². The van der Waals surface area contributed by atoms with Crippen LogP contribution in [0, 0.1) is 0 Å². The average Bonchev–Trinajstić information content (AvgIpc) is 2.32. The van der Waals surface area contributed by atoms with Crippen LogP contribution >= 0.6 is 23.2 Å². The first-order valence-electron chi connectivity index (χ1n) is 4.74. The van der Waals surface area contributed by atoms with Crippen molar-refractivity contribution >= 4 is 23.2 Å². The van der Waals surface area contributed by atoms with Gasteiger partial charge >= 0.3 is 0 Å². The molecule has 2 rings (SSSR count). The first kappa shape index (κ1) is 11.2. The highest BCUT2D eigenvalue weighted by molar-refractivity contribution is 6.42. The van der Waals surface area contributed by atoms with Gasteiger partial charge in [-0.1, -0.05) is 53.5 Å². The van der Waals surface area contributed by atoms with Gasteiger partial charge in [0, 0.05) is 12.3 Å². The molecule has 1 heterocycles. The molecule has 0 saturated carbocycles. The summed E-state index contributed by atoms with van der Waals surface area (Å²) < 4.78 is 5.55. The molecule has 1 aromatic heterocycles. The van der Waals surface area contributed by atoms with Crippen LogP contribution in [-0.4, -0.2) is 4.98 Å². The molecule has 2 aromatic rings. The summed E-state index contributed by atoms with van der Waals surface area (Å²) in [6.45, 7) is 0.459. The van der Waals surface area contributed by atoms with Crippen LogP contribution in [0.2, 0.25) is 10.2 Å². The Morgan fingerprint density at radius 2 is 1.81 bits per heavy atom. The van der Waals surface area contributed by atoms with Gasteiger partial charge in [0.15, 0.2) is 5.15 Å². The fourth-order valence-corrected chi connectivity index (χ4v) is 1.56. The van der Waals surface area contributed by atoms with E-state index in [0.29, 0.717) is 17.4 Å². The molecule has 0 N–H and O–H groups in total. The molecule has 82 valence electrons. The zero-order valence-electron chi connectivity index (χ0n) is 8.36. The van der Waals surface area contributed by atoms with Crippen LogP contribution in [0.25, 0.3) is 0 Å². The third-order valence-corrected chi connectivity index (χ3v) is 2.80. The third kappa shape index (κ3) is 2.65. The van der Waals surface area contributed by atoms with Crippen LogP contribution in [0.3, 0.4) is 0 Å². The van der Waals surface area contributed by atoms with Gasteiger partial charge in [0.2, 0.25) is 0 Å². The second-order valence-electron chi connectivity index (χ2n) is 3.19. The molecule has 16 heavy (non-hydrogen) atoms. The van der Waals surface area contributed by atoms with Gasteiger partial charge in [-0.3, -0.25) is 0 Å². The van der Waals surface area contributed by atoms with Gasteiger partial charge < -0.3 is 4.74 Å². The summed E-state index contributed by atoms with van der Waals surface area (Å²) in [5.41, 5.74) is 1.08. The van der Waals surface area contributed by atoms with E-state index in [2.05, 4.69) is 4.98 Å². The summed E-state index contributed by atoms with van der Waals surface area (Å²) in [4.78, 5) is 3.85. The fourth-order valence-electron chi connectivity index (χ4n) is 1.25. The van der Waals surface area contributed by atoms with Crippen LogP contribution in [0.15, 0.2) is 42.6 Å². The summed E-state index contributed by atoms with van der Waals surface area (Å²) in [6, 6.07) is 11.5. The quantitative estimate of drug-likeness (QED) is 0.773. The van der Waals surface area contributed by atoms with Crippen LogP contribution in [-0.2, 0) is 6.61 Å². The largest absolute Gasteiger partial charge is 0.487 e. The average molecular weight is 254 g/mol. The number of ether oxygens (including phenoxy) is 1. The van der Waals surface area contributed by atoms with Gasteiger partial charge in [0.25, 0.3) is 0 Å². The predicted octanol–water partition coefficient (Wildman–Crippen LogP) is 3.97. The maximum absolute atomic E-state index is 5.94. The summed E-state index contributed by atoms with van der Waals surface area (Å²) in [5, 5.41) is 0.604. The van der Waals surface area contributed by atoms with Gasteiger partial charge in [0.1, 0.15) is 17.4 Å². The number of hydrogen-bond donors (Lipinski definition) is 0. The highest BCUT2D eigenvalue weighted by Gasteiger charge is 2.06. The molecule has 0 aliphatic heterocycles. The van der Waals surface area contributed by atoms with Gasteiger partial charge in [-0.15, -0.1) is 0 Å². The molecule has 4 heteroatoms. The Labute approximate surface area is 104 Å². The van der Waals surface area contributed by atoms with E-state index in [4.69, 9.17) is 27.9 Å². The highest BCUT2D eigenvalue weighted by Crippen LogP contribution is 2.29. The zero-order chi connectivity index (χ0) is 11.4. The van der Waals surface area contributed by atoms with Crippen molar-refractivity contribution in [2.75, 3.05) is 0 Å². The van der Waals surface area contributed by atoms with E-state index in [9.17, 15) is 0 Å². The third-order valence-electron chi connectivity index (χ3n) is 2.05. The monoisotopic (exact) mass is 253 g/mol. The summed E-state index contributed by atoms with van der Waals surface area (Å²) in [5.74, 6) is 0.547. The number of pyridine rings is 1. The highest BCUT2D eigenvalue weighted by atomic mass is 35.5. The topological polar surface area (TPSA) is 22.1 Å². The Morgan fingerprint density at radius 1 is 1.06 bits per heavy atom. The fraction of sp³-hybridized carbons (Fsp3) is 0.0833. The second-order valence-corrected chi connectivity index (χ2v) is 3.92. The molecule has 0 aliphatic rings. The van der Waals surface area contributed by atoms with Gasteiger partial charge in [-0.25, -0.2) is 4.98 Å². The standard InChI is InChI=1S/C12H9Cl2NO/c13-11-10(6-7-15-12(11)14)16-8-9-4-2-1-3-5-9/h1-7H,8H2. The maximum atomic E-state index is 5.94. The lowest BCUT2D eigenvalue weighted by molar-refractivity contribution is 0.306. The number of benzene rings is 1. The van der Waals surface area contributed by atoms with Crippen LogP contribution in [0.1, 0.15) is 5.56 Å². The molecule has 0 unspecified atom stereocenters. The van der Waals surface area contributed by atoms with E-state index in [0.717, 1.165) is 5.56 Å². The van der Waals surface area contributed by atoms with Crippen molar-refractivity contribution in [2.24, 2.45) is 0 Å². The van der Waals surface area contributed by atoms with Crippen molar-refractivity contribution < 1.29 is 4.74 Å². The Bertz CT molecular complexity index is 474. The zero-order valence-corrected chi connectivity index (χ0v) is 9.87. The molecule has 0 radical (unpaired) electrons. The minimum Gasteiger partial charge on any atom is -0.487 e. The van der Waals surface area contributed by atoms with E-state index in [1.807, 2.05) is 30.3 Å². The SMILES string of the molecule is Clc1nccc(OCc2ccccc2)c1Cl. The lowest BCUT2D eigenvalue weighted by Crippen LogP contribution is -1.96. The predicted molar refractivity (Wildman–Crippen MR) is 65.0 cm³/mol. The second kappa shape index (κ2) is 5.19. The van der Waals surface area contributed by atoms with Crippen molar-refractivity contribution in [1.82, 2.24) is 4.98 Å². The van der Waals surface area contributed by atoms with Gasteiger partial charge in [-0.05, 0) is 5.56 Å². The lowest BCUT2D eigenvalue weighted by atomic mass is 10.2. The molecule has 0 spiro atoms. The van der Waals surface area contributed by atoms with E-state index >= 15 is 0 Å². The van der Waals surface area contributed by atoms with Crippen molar-refractivity contribution in [3.05, 3.63) is 58.3 Å². The van der Waals surface area contributed by atoms with Crippen LogP contribution in [0.5, 0.6) is 5.75 Å². The molecule has 0 saturated heterocycles. The van der Waals surface area contributed by atoms with Gasteiger partial charge in [0.05, 0.1) is 0 Å². The molecule has 0 amide bonds. The first-order valence-corrected chi connectivity index (χ1v) is 5.49. The maximum Gasteiger partial charge on any atom is 0.151 e. The Balaban J connectivity index is 2.08. The van der Waals surface area contributed by atoms with Crippen LogP contribution < -0.4 is 4.74 Å². The minimum atomic E-state index is 0.257. The minimum absolute atomic E-state index is 0.257. The Morgan fingerprint density at radius 3 is 2.56 bits per heavy atom. The van der Waals surface area contributed by atoms with Crippen molar-refractivity contribution in [3.63, 3.8) is 0 Å². The number of hydrogen-bond acceptors (Lipinski definition) is 2. The van der Waals surface area contributed by atoms with Crippen molar-refractivity contribution in [2.45, 2.75) is 6.61 Å². The Kier molecular flexibility index (Phi) is 3.65. The summed E-state index contributed by atoms with van der Waals surface area (Å²) in [6.07, 6.45) is 1.56. The van der Waals surface area contributed by atoms with E-state index in [1.165, 1.54) is 0 Å². The summed E-state index contributed by atoms with van der Waals surface area (Å²) in [7, 11) is 0. The molecular weight excluding hydrogens is 245 g/mol. The normalized spacial score (nSPS) is 10.1. The number of halogens is 2. The molecule has 0 atom stereocenters. The number of nitrogens with zero attached hydrogens (tertiary/aromatic N) is 1. The summed E-state index contributed by atoms with van der Waals surface area (Å²) >= 11 is 11.7. The lowest BCUT2D eigenvalue weighted by Gasteiger charge is -2.08.